The van der Waals surface area contributed by atoms with E-state index in [1.807, 2.05) is 25.1 Å². The molecule has 4 nitrogen and oxygen atoms in total. The maximum atomic E-state index is 10.7. The minimum Gasteiger partial charge on any atom is -0.490 e. The molecule has 1 N–H and O–H groups in total. The van der Waals surface area contributed by atoms with Crippen LogP contribution in [0.4, 0.5) is 0 Å². The van der Waals surface area contributed by atoms with E-state index in [2.05, 4.69) is 6.92 Å². The molecule has 0 aliphatic heterocycles. The van der Waals surface area contributed by atoms with Crippen LogP contribution >= 0.6 is 0 Å². The average molecular weight is 292 g/mol. The number of benzene rings is 1. The molecule has 0 aliphatic carbocycles. The van der Waals surface area contributed by atoms with Crippen molar-refractivity contribution in [2.45, 2.75) is 39.5 Å². The van der Waals surface area contributed by atoms with E-state index in [-0.39, 0.29) is 0 Å². The first-order valence-corrected chi connectivity index (χ1v) is 7.48. The molecule has 0 unspecified atom stereocenters. The maximum absolute atomic E-state index is 10.7. The molecule has 0 heterocycles. The van der Waals surface area contributed by atoms with Crippen molar-refractivity contribution in [3.63, 3.8) is 0 Å². The van der Waals surface area contributed by atoms with Crippen LogP contribution in [0.15, 0.2) is 24.3 Å². The molecule has 0 saturated carbocycles. The number of ether oxygens (including phenoxy) is 2. The Hall–Kier alpha value is -1.97. The van der Waals surface area contributed by atoms with E-state index < -0.39 is 5.97 Å². The molecule has 0 aliphatic rings. The predicted octanol–water partition coefficient (Wildman–Crippen LogP) is 4.14. The number of carboxylic acid groups (broad SMARTS) is 1. The Kier molecular flexibility index (Phi) is 8.02. The van der Waals surface area contributed by atoms with Crippen LogP contribution < -0.4 is 9.47 Å². The molecule has 1 aromatic carbocycles. The highest BCUT2D eigenvalue weighted by atomic mass is 16.5. The van der Waals surface area contributed by atoms with Crippen molar-refractivity contribution in [3.8, 4) is 11.5 Å². The number of rotatable bonds is 10. The first kappa shape index (κ1) is 17.1. The molecule has 4 heteroatoms. The quantitative estimate of drug-likeness (QED) is 0.520. The van der Waals surface area contributed by atoms with Crippen molar-refractivity contribution in [1.29, 1.82) is 0 Å². The van der Waals surface area contributed by atoms with Crippen LogP contribution in [0.5, 0.6) is 11.5 Å². The summed E-state index contributed by atoms with van der Waals surface area (Å²) in [5, 5.41) is 8.75. The molecule has 0 amide bonds. The molecule has 0 radical (unpaired) electrons. The van der Waals surface area contributed by atoms with E-state index in [1.165, 1.54) is 18.9 Å². The number of para-hydroxylation sites is 1. The van der Waals surface area contributed by atoms with Crippen LogP contribution in [0.3, 0.4) is 0 Å². The second-order valence-corrected chi connectivity index (χ2v) is 4.69. The van der Waals surface area contributed by atoms with Crippen molar-refractivity contribution >= 4 is 12.0 Å². The van der Waals surface area contributed by atoms with Gasteiger partial charge in [0, 0.05) is 11.6 Å². The van der Waals surface area contributed by atoms with Gasteiger partial charge in [0.15, 0.2) is 11.5 Å². The molecule has 21 heavy (non-hydrogen) atoms. The Labute approximate surface area is 126 Å². The Bertz CT molecular complexity index is 466. The van der Waals surface area contributed by atoms with Crippen LogP contribution in [0.1, 0.15) is 45.1 Å². The SMILES string of the molecule is CCCCCCOc1c(/C=C/C(=O)O)cccc1OCC. The third kappa shape index (κ3) is 6.34. The first-order valence-electron chi connectivity index (χ1n) is 7.48. The van der Waals surface area contributed by atoms with Crippen molar-refractivity contribution in [2.24, 2.45) is 0 Å². The van der Waals surface area contributed by atoms with Crippen molar-refractivity contribution in [1.82, 2.24) is 0 Å². The summed E-state index contributed by atoms with van der Waals surface area (Å²) in [7, 11) is 0. The van der Waals surface area contributed by atoms with Gasteiger partial charge in [-0.15, -0.1) is 0 Å². The van der Waals surface area contributed by atoms with E-state index in [9.17, 15) is 4.79 Å². The van der Waals surface area contributed by atoms with E-state index in [1.54, 1.807) is 0 Å². The van der Waals surface area contributed by atoms with Gasteiger partial charge in [-0.1, -0.05) is 38.3 Å². The van der Waals surface area contributed by atoms with Gasteiger partial charge in [-0.2, -0.15) is 0 Å². The molecule has 0 saturated heterocycles. The van der Waals surface area contributed by atoms with Crippen molar-refractivity contribution in [3.05, 3.63) is 29.8 Å². The zero-order chi connectivity index (χ0) is 15.5. The number of hydrogen-bond donors (Lipinski definition) is 1. The summed E-state index contributed by atoms with van der Waals surface area (Å²) in [6.07, 6.45) is 7.13. The number of carboxylic acids is 1. The summed E-state index contributed by atoms with van der Waals surface area (Å²) < 4.78 is 11.4. The number of carbonyl (C=O) groups is 1. The molecule has 0 atom stereocenters. The van der Waals surface area contributed by atoms with Crippen LogP contribution in [-0.2, 0) is 4.79 Å². The summed E-state index contributed by atoms with van der Waals surface area (Å²) in [5.41, 5.74) is 0.721. The standard InChI is InChI=1S/C17H24O4/c1-3-5-6-7-13-21-17-14(11-12-16(18)19)9-8-10-15(17)20-4-2/h8-12H,3-7,13H2,1-2H3,(H,18,19)/b12-11+. The van der Waals surface area contributed by atoms with Gasteiger partial charge in [-0.25, -0.2) is 4.79 Å². The number of hydrogen-bond acceptors (Lipinski definition) is 3. The van der Waals surface area contributed by atoms with Crippen LogP contribution in [0.25, 0.3) is 6.08 Å². The van der Waals surface area contributed by atoms with Crippen LogP contribution in [0, 0.1) is 0 Å². The highest BCUT2D eigenvalue weighted by Gasteiger charge is 2.09. The fraction of sp³-hybridized carbons (Fsp3) is 0.471. The minimum atomic E-state index is -0.981. The molecule has 116 valence electrons. The Morgan fingerprint density at radius 2 is 2.00 bits per heavy atom. The lowest BCUT2D eigenvalue weighted by atomic mass is 10.1. The highest BCUT2D eigenvalue weighted by molar-refractivity contribution is 5.86. The molecular formula is C17H24O4. The minimum absolute atomic E-state index is 0.540. The van der Waals surface area contributed by atoms with Gasteiger partial charge in [-0.05, 0) is 25.5 Å². The predicted molar refractivity (Wildman–Crippen MR) is 83.9 cm³/mol. The van der Waals surface area contributed by atoms with Gasteiger partial charge in [-0.3, -0.25) is 0 Å². The van der Waals surface area contributed by atoms with Gasteiger partial charge in [0.05, 0.1) is 13.2 Å². The number of aliphatic carboxylic acids is 1. The van der Waals surface area contributed by atoms with Gasteiger partial charge < -0.3 is 14.6 Å². The molecule has 0 bridgehead atoms. The van der Waals surface area contributed by atoms with Crippen molar-refractivity contribution in [2.75, 3.05) is 13.2 Å². The van der Waals surface area contributed by atoms with Gasteiger partial charge in [0.2, 0.25) is 0 Å². The van der Waals surface area contributed by atoms with Crippen LogP contribution in [0.2, 0.25) is 0 Å². The second kappa shape index (κ2) is 9.86. The molecule has 1 aromatic rings. The van der Waals surface area contributed by atoms with E-state index in [0.717, 1.165) is 24.5 Å². The normalized spacial score (nSPS) is 10.8. The van der Waals surface area contributed by atoms with Crippen molar-refractivity contribution < 1.29 is 19.4 Å². The smallest absolute Gasteiger partial charge is 0.328 e. The monoisotopic (exact) mass is 292 g/mol. The van der Waals surface area contributed by atoms with E-state index >= 15 is 0 Å². The van der Waals surface area contributed by atoms with Gasteiger partial charge in [0.25, 0.3) is 0 Å². The average Bonchev–Trinajstić information content (AvgIpc) is 2.46. The summed E-state index contributed by atoms with van der Waals surface area (Å²) in [6.45, 7) is 5.22. The fourth-order valence-corrected chi connectivity index (χ4v) is 1.95. The molecule has 0 fully saturated rings. The molecular weight excluding hydrogens is 268 g/mol. The number of unbranched alkanes of at least 4 members (excludes halogenated alkanes) is 3. The lowest BCUT2D eigenvalue weighted by Crippen LogP contribution is -2.02. The first-order chi connectivity index (χ1) is 10.2. The summed E-state index contributed by atoms with van der Waals surface area (Å²) in [4.78, 5) is 10.7. The summed E-state index contributed by atoms with van der Waals surface area (Å²) >= 11 is 0. The maximum Gasteiger partial charge on any atom is 0.328 e. The summed E-state index contributed by atoms with van der Waals surface area (Å²) in [5.74, 6) is 0.291. The third-order valence-corrected chi connectivity index (χ3v) is 2.96. The molecule has 0 spiro atoms. The van der Waals surface area contributed by atoms with E-state index in [4.69, 9.17) is 14.6 Å². The van der Waals surface area contributed by atoms with E-state index in [0.29, 0.717) is 24.7 Å². The zero-order valence-corrected chi connectivity index (χ0v) is 12.8. The summed E-state index contributed by atoms with van der Waals surface area (Å²) in [6, 6.07) is 5.49. The fourth-order valence-electron chi connectivity index (χ4n) is 1.95. The lowest BCUT2D eigenvalue weighted by molar-refractivity contribution is -0.131. The molecule has 0 aromatic heterocycles. The van der Waals surface area contributed by atoms with Gasteiger partial charge >= 0.3 is 5.97 Å². The zero-order valence-electron chi connectivity index (χ0n) is 12.8. The largest absolute Gasteiger partial charge is 0.490 e. The Morgan fingerprint density at radius 3 is 2.67 bits per heavy atom. The van der Waals surface area contributed by atoms with Crippen LogP contribution in [-0.4, -0.2) is 24.3 Å². The second-order valence-electron chi connectivity index (χ2n) is 4.69. The van der Waals surface area contributed by atoms with Gasteiger partial charge in [0.1, 0.15) is 0 Å². The Morgan fingerprint density at radius 1 is 1.19 bits per heavy atom. The lowest BCUT2D eigenvalue weighted by Gasteiger charge is -2.14. The topological polar surface area (TPSA) is 55.8 Å². The highest BCUT2D eigenvalue weighted by Crippen LogP contribution is 2.32. The third-order valence-electron chi connectivity index (χ3n) is 2.96. The Balaban J connectivity index is 2.81. The molecule has 1 rings (SSSR count).